The summed E-state index contributed by atoms with van der Waals surface area (Å²) in [5.74, 6) is 0.990. The molecule has 5 heteroatoms. The van der Waals surface area contributed by atoms with Crippen LogP contribution in [0, 0.1) is 13.8 Å². The molecule has 1 aromatic heterocycles. The molecule has 1 fully saturated rings. The van der Waals surface area contributed by atoms with Crippen molar-refractivity contribution in [2.75, 3.05) is 5.75 Å². The van der Waals surface area contributed by atoms with Crippen LogP contribution in [0.3, 0.4) is 0 Å². The smallest absolute Gasteiger partial charge is 0.229 e. The van der Waals surface area contributed by atoms with E-state index >= 15 is 0 Å². The van der Waals surface area contributed by atoms with Crippen molar-refractivity contribution in [3.63, 3.8) is 0 Å². The SMILES string of the molecule is Cc1ccc(C)c(N=C2SCC(C)(C)N2C(=O)CCc2c[nH]c3ccccc23)c1. The molecular formula is C24H27N3OS. The molecule has 0 unspecified atom stereocenters. The first-order valence-electron chi connectivity index (χ1n) is 10.0. The summed E-state index contributed by atoms with van der Waals surface area (Å²) in [4.78, 5) is 23.4. The maximum Gasteiger partial charge on any atom is 0.229 e. The average molecular weight is 406 g/mol. The number of aromatic nitrogens is 1. The first kappa shape index (κ1) is 19.8. The van der Waals surface area contributed by atoms with Gasteiger partial charge in [0.2, 0.25) is 5.91 Å². The molecule has 0 saturated carbocycles. The summed E-state index contributed by atoms with van der Waals surface area (Å²) in [5, 5.41) is 2.01. The zero-order valence-corrected chi connectivity index (χ0v) is 18.3. The average Bonchev–Trinajstić information content (AvgIpc) is 3.23. The first-order valence-corrected chi connectivity index (χ1v) is 11.0. The molecule has 1 aliphatic rings. The lowest BCUT2D eigenvalue weighted by Gasteiger charge is -2.30. The Labute approximate surface area is 176 Å². The number of aromatic amines is 1. The van der Waals surface area contributed by atoms with Crippen molar-refractivity contribution in [1.29, 1.82) is 0 Å². The number of H-pyrrole nitrogens is 1. The van der Waals surface area contributed by atoms with Gasteiger partial charge in [-0.25, -0.2) is 4.99 Å². The monoisotopic (exact) mass is 405 g/mol. The topological polar surface area (TPSA) is 48.5 Å². The molecule has 0 bridgehead atoms. The van der Waals surface area contributed by atoms with Gasteiger partial charge in [-0.2, -0.15) is 0 Å². The maximum absolute atomic E-state index is 13.3. The van der Waals surface area contributed by atoms with E-state index in [9.17, 15) is 4.79 Å². The predicted octanol–water partition coefficient (Wildman–Crippen LogP) is 5.76. The van der Waals surface area contributed by atoms with Gasteiger partial charge in [-0.1, -0.05) is 42.1 Å². The van der Waals surface area contributed by atoms with Crippen molar-refractivity contribution in [2.24, 2.45) is 4.99 Å². The quantitative estimate of drug-likeness (QED) is 0.600. The molecular weight excluding hydrogens is 378 g/mol. The molecule has 150 valence electrons. The Balaban J connectivity index is 1.57. The normalized spacial score (nSPS) is 17.4. The lowest BCUT2D eigenvalue weighted by atomic mass is 10.0. The number of carbonyl (C=O) groups is 1. The number of rotatable bonds is 4. The molecule has 4 nitrogen and oxygen atoms in total. The van der Waals surface area contributed by atoms with Gasteiger partial charge >= 0.3 is 0 Å². The minimum absolute atomic E-state index is 0.134. The molecule has 3 aromatic rings. The van der Waals surface area contributed by atoms with Crippen LogP contribution in [0.5, 0.6) is 0 Å². The Bertz CT molecular complexity index is 1100. The molecule has 4 rings (SSSR count). The van der Waals surface area contributed by atoms with Gasteiger partial charge in [-0.3, -0.25) is 9.69 Å². The van der Waals surface area contributed by atoms with Crippen molar-refractivity contribution in [3.05, 3.63) is 65.4 Å². The third kappa shape index (κ3) is 3.97. The highest BCUT2D eigenvalue weighted by atomic mass is 32.2. The fraction of sp³-hybridized carbons (Fsp3) is 0.333. The van der Waals surface area contributed by atoms with Gasteiger partial charge in [0.15, 0.2) is 5.17 Å². The second kappa shape index (κ2) is 7.71. The molecule has 0 atom stereocenters. The van der Waals surface area contributed by atoms with Gasteiger partial charge in [0, 0.05) is 29.3 Å². The third-order valence-corrected chi connectivity index (χ3v) is 6.85. The number of fused-ring (bicyclic) bond motifs is 1. The van der Waals surface area contributed by atoms with Crippen LogP contribution in [-0.4, -0.2) is 32.3 Å². The number of nitrogens with one attached hydrogen (secondary N) is 1. The van der Waals surface area contributed by atoms with Crippen LogP contribution < -0.4 is 0 Å². The Morgan fingerprint density at radius 1 is 1.21 bits per heavy atom. The number of hydrogen-bond donors (Lipinski definition) is 1. The van der Waals surface area contributed by atoms with Crippen molar-refractivity contribution in [1.82, 2.24) is 9.88 Å². The number of para-hydroxylation sites is 1. The summed E-state index contributed by atoms with van der Waals surface area (Å²) in [6.45, 7) is 8.37. The zero-order valence-electron chi connectivity index (χ0n) is 17.5. The highest BCUT2D eigenvalue weighted by Crippen LogP contribution is 2.36. The Hall–Kier alpha value is -2.53. The van der Waals surface area contributed by atoms with Crippen molar-refractivity contribution in [3.8, 4) is 0 Å². The Morgan fingerprint density at radius 3 is 2.83 bits per heavy atom. The number of hydrogen-bond acceptors (Lipinski definition) is 3. The summed E-state index contributed by atoms with van der Waals surface area (Å²) in [7, 11) is 0. The van der Waals surface area contributed by atoms with Gasteiger partial charge in [-0.05, 0) is 62.9 Å². The fourth-order valence-electron chi connectivity index (χ4n) is 3.79. The van der Waals surface area contributed by atoms with Gasteiger partial charge in [-0.15, -0.1) is 0 Å². The molecule has 0 spiro atoms. The number of thioether (sulfide) groups is 1. The predicted molar refractivity (Wildman–Crippen MR) is 123 cm³/mol. The Morgan fingerprint density at radius 2 is 2.00 bits per heavy atom. The van der Waals surface area contributed by atoms with Crippen molar-refractivity contribution < 1.29 is 4.79 Å². The minimum atomic E-state index is -0.238. The van der Waals surface area contributed by atoms with E-state index in [4.69, 9.17) is 4.99 Å². The largest absolute Gasteiger partial charge is 0.361 e. The van der Waals surface area contributed by atoms with E-state index in [1.807, 2.05) is 23.2 Å². The lowest BCUT2D eigenvalue weighted by molar-refractivity contribution is -0.130. The van der Waals surface area contributed by atoms with Crippen LogP contribution in [0.15, 0.2) is 53.7 Å². The van der Waals surface area contributed by atoms with E-state index in [2.05, 4.69) is 63.0 Å². The van der Waals surface area contributed by atoms with Crippen LogP contribution in [0.4, 0.5) is 5.69 Å². The molecule has 0 radical (unpaired) electrons. The number of carbonyl (C=O) groups excluding carboxylic acids is 1. The van der Waals surface area contributed by atoms with Crippen LogP contribution in [0.1, 0.15) is 37.0 Å². The van der Waals surface area contributed by atoms with Crippen molar-refractivity contribution in [2.45, 2.75) is 46.1 Å². The Kier molecular flexibility index (Phi) is 5.26. The van der Waals surface area contributed by atoms with E-state index in [1.165, 1.54) is 16.5 Å². The summed E-state index contributed by atoms with van der Waals surface area (Å²) >= 11 is 1.67. The van der Waals surface area contributed by atoms with Crippen LogP contribution in [0.25, 0.3) is 10.9 Å². The number of aliphatic imine (C=N–C) groups is 1. The van der Waals surface area contributed by atoms with Crippen LogP contribution in [-0.2, 0) is 11.2 Å². The highest BCUT2D eigenvalue weighted by molar-refractivity contribution is 8.14. The van der Waals surface area contributed by atoms with E-state index < -0.39 is 0 Å². The van der Waals surface area contributed by atoms with E-state index in [0.29, 0.717) is 6.42 Å². The molecule has 1 aliphatic heterocycles. The van der Waals surface area contributed by atoms with E-state index in [0.717, 1.165) is 34.1 Å². The minimum Gasteiger partial charge on any atom is -0.361 e. The maximum atomic E-state index is 13.3. The number of benzene rings is 2. The van der Waals surface area contributed by atoms with Gasteiger partial charge in [0.25, 0.3) is 0 Å². The number of nitrogens with zero attached hydrogens (tertiary/aromatic N) is 2. The third-order valence-electron chi connectivity index (χ3n) is 5.46. The van der Waals surface area contributed by atoms with Gasteiger partial charge in [0.1, 0.15) is 0 Å². The summed E-state index contributed by atoms with van der Waals surface area (Å²) < 4.78 is 0. The summed E-state index contributed by atoms with van der Waals surface area (Å²) in [6, 6.07) is 14.5. The van der Waals surface area contributed by atoms with Crippen molar-refractivity contribution >= 4 is 39.4 Å². The molecule has 1 amide bonds. The van der Waals surface area contributed by atoms with Gasteiger partial charge < -0.3 is 4.98 Å². The second-order valence-corrected chi connectivity index (χ2v) is 9.32. The highest BCUT2D eigenvalue weighted by Gasteiger charge is 2.41. The molecule has 1 N–H and O–H groups in total. The zero-order chi connectivity index (χ0) is 20.6. The number of amidine groups is 1. The second-order valence-electron chi connectivity index (χ2n) is 8.37. The summed E-state index contributed by atoms with van der Waals surface area (Å²) in [6.07, 6.45) is 3.21. The fourth-order valence-corrected chi connectivity index (χ4v) is 5.04. The number of aryl methyl sites for hydroxylation is 3. The van der Waals surface area contributed by atoms with Crippen LogP contribution in [0.2, 0.25) is 0 Å². The molecule has 1 saturated heterocycles. The summed E-state index contributed by atoms with van der Waals surface area (Å²) in [5.41, 5.74) is 5.31. The van der Waals surface area contributed by atoms with Gasteiger partial charge in [0.05, 0.1) is 11.2 Å². The van der Waals surface area contributed by atoms with E-state index in [-0.39, 0.29) is 11.4 Å². The molecule has 29 heavy (non-hydrogen) atoms. The molecule has 2 aromatic carbocycles. The molecule has 2 heterocycles. The van der Waals surface area contributed by atoms with Crippen LogP contribution >= 0.6 is 11.8 Å². The lowest BCUT2D eigenvalue weighted by Crippen LogP contribution is -2.46. The standard InChI is InChI=1S/C24H27N3OS/c1-16-9-10-17(2)21(13-16)26-23-27(24(3,4)15-29-23)22(28)12-11-18-14-25-20-8-6-5-7-19(18)20/h5-10,13-14,25H,11-12,15H2,1-4H3. The van der Waals surface area contributed by atoms with E-state index in [1.54, 1.807) is 11.8 Å². The number of amides is 1. The first-order chi connectivity index (χ1) is 13.8. The molecule has 0 aliphatic carbocycles.